The van der Waals surface area contributed by atoms with E-state index in [-0.39, 0.29) is 6.61 Å². The first-order chi connectivity index (χ1) is 7.76. The van der Waals surface area contributed by atoms with Crippen LogP contribution in [0, 0.1) is 0 Å². The highest BCUT2D eigenvalue weighted by molar-refractivity contribution is 6.46. The smallest absolute Gasteiger partial charge is 0.305 e. The van der Waals surface area contributed by atoms with Gasteiger partial charge in [-0.15, -0.1) is 0 Å². The highest BCUT2D eigenvalue weighted by Gasteiger charge is 2.29. The summed E-state index contributed by atoms with van der Waals surface area (Å²) in [4.78, 5) is 0. The van der Waals surface area contributed by atoms with Gasteiger partial charge in [-0.05, 0) is 5.19 Å². The zero-order chi connectivity index (χ0) is 11.9. The van der Waals surface area contributed by atoms with Gasteiger partial charge < -0.3 is 18.6 Å². The van der Waals surface area contributed by atoms with Gasteiger partial charge >= 0.3 is 5.97 Å². The van der Waals surface area contributed by atoms with Gasteiger partial charge in [0.15, 0.2) is 9.76 Å². The van der Waals surface area contributed by atoms with E-state index < -0.39 is 15.7 Å². The molecule has 0 atom stereocenters. The third-order valence-corrected chi connectivity index (χ3v) is 3.54. The zero-order valence-corrected chi connectivity index (χ0v) is 11.3. The maximum Gasteiger partial charge on any atom is 0.305 e. The molecule has 0 fully saturated rings. The maximum atomic E-state index is 5.62. The minimum Gasteiger partial charge on any atom is -0.410 e. The third kappa shape index (κ3) is 3.69. The number of methoxy groups -OCH3 is 3. The molecule has 0 aliphatic heterocycles. The molecule has 1 aromatic rings. The third-order valence-electron chi connectivity index (χ3n) is 2.32. The average molecular weight is 242 g/mol. The molecule has 0 heterocycles. The molecule has 0 radical (unpaired) electrons. The first-order valence-corrected chi connectivity index (χ1v) is 6.32. The molecule has 0 aromatic heterocycles. The van der Waals surface area contributed by atoms with Crippen LogP contribution in [0.1, 0.15) is 0 Å². The van der Waals surface area contributed by atoms with Crippen LogP contribution in [0.25, 0.3) is 0 Å². The van der Waals surface area contributed by atoms with E-state index in [0.29, 0.717) is 0 Å². The Bertz CT molecular complexity index is 279. The zero-order valence-electron chi connectivity index (χ0n) is 9.93. The molecule has 0 unspecified atom stereocenters. The Morgan fingerprint density at radius 1 is 1.00 bits per heavy atom. The van der Waals surface area contributed by atoms with Crippen molar-refractivity contribution in [3.63, 3.8) is 0 Å². The molecule has 1 rings (SSSR count). The van der Waals surface area contributed by atoms with E-state index in [9.17, 15) is 0 Å². The Morgan fingerprint density at radius 3 is 2.06 bits per heavy atom. The summed E-state index contributed by atoms with van der Waals surface area (Å²) in [5, 5.41) is 1.24. The van der Waals surface area contributed by atoms with E-state index >= 15 is 0 Å². The summed E-state index contributed by atoms with van der Waals surface area (Å²) < 4.78 is 21.0. The minimum absolute atomic E-state index is 0.275. The topological polar surface area (TPSA) is 36.9 Å². The Morgan fingerprint density at radius 2 is 1.56 bits per heavy atom. The van der Waals surface area contributed by atoms with Crippen LogP contribution in [0.3, 0.4) is 0 Å². The summed E-state index contributed by atoms with van der Waals surface area (Å²) in [6.07, 6.45) is 0. The molecule has 0 spiro atoms. The molecular weight excluding hydrogens is 224 g/mol. The van der Waals surface area contributed by atoms with E-state index in [1.54, 1.807) is 0 Å². The van der Waals surface area contributed by atoms with Crippen LogP contribution in [0.4, 0.5) is 0 Å². The van der Waals surface area contributed by atoms with Crippen molar-refractivity contribution in [3.05, 3.63) is 30.3 Å². The summed E-state index contributed by atoms with van der Waals surface area (Å²) in [5.41, 5.74) is 0. The second-order valence-corrected chi connectivity index (χ2v) is 4.79. The largest absolute Gasteiger partial charge is 0.410 e. The van der Waals surface area contributed by atoms with Gasteiger partial charge in [0.1, 0.15) is 6.61 Å². The summed E-state index contributed by atoms with van der Waals surface area (Å²) in [6.45, 7) is 0.275. The van der Waals surface area contributed by atoms with Crippen LogP contribution in [0.15, 0.2) is 30.3 Å². The van der Waals surface area contributed by atoms with E-state index in [1.165, 1.54) is 26.5 Å². The van der Waals surface area contributed by atoms with Crippen molar-refractivity contribution in [1.82, 2.24) is 0 Å². The lowest BCUT2D eigenvalue weighted by molar-refractivity contribution is -0.361. The molecule has 4 nitrogen and oxygen atoms in total. The highest BCUT2D eigenvalue weighted by Crippen LogP contribution is 2.11. The first-order valence-electron chi connectivity index (χ1n) is 5.03. The maximum absolute atomic E-state index is 5.62. The van der Waals surface area contributed by atoms with Crippen LogP contribution >= 0.6 is 0 Å². The predicted octanol–water partition coefficient (Wildman–Crippen LogP) is 0.00530. The first kappa shape index (κ1) is 13.3. The van der Waals surface area contributed by atoms with Crippen molar-refractivity contribution in [2.24, 2.45) is 0 Å². The van der Waals surface area contributed by atoms with E-state index in [2.05, 4.69) is 12.1 Å². The fraction of sp³-hybridized carbons (Fsp3) is 0.455. The number of benzene rings is 1. The summed E-state index contributed by atoms with van der Waals surface area (Å²) in [7, 11) is 3.83. The van der Waals surface area contributed by atoms with E-state index in [4.69, 9.17) is 18.6 Å². The van der Waals surface area contributed by atoms with Crippen molar-refractivity contribution in [2.45, 2.75) is 5.97 Å². The quantitative estimate of drug-likeness (QED) is 0.498. The summed E-state index contributed by atoms with van der Waals surface area (Å²) in [5.74, 6) is -1.08. The molecule has 0 aliphatic carbocycles. The van der Waals surface area contributed by atoms with Gasteiger partial charge in [-0.2, -0.15) is 0 Å². The monoisotopic (exact) mass is 242 g/mol. The molecule has 0 aliphatic rings. The van der Waals surface area contributed by atoms with Crippen molar-refractivity contribution < 1.29 is 18.6 Å². The molecule has 5 heteroatoms. The number of hydrogen-bond donors (Lipinski definition) is 0. The van der Waals surface area contributed by atoms with Gasteiger partial charge in [0.25, 0.3) is 0 Å². The molecule has 16 heavy (non-hydrogen) atoms. The Hall–Kier alpha value is -0.723. The van der Waals surface area contributed by atoms with Gasteiger partial charge in [0.2, 0.25) is 0 Å². The van der Waals surface area contributed by atoms with Crippen molar-refractivity contribution in [1.29, 1.82) is 0 Å². The molecule has 0 saturated carbocycles. The Balaban J connectivity index is 2.39. The van der Waals surface area contributed by atoms with Gasteiger partial charge in [0, 0.05) is 21.3 Å². The van der Waals surface area contributed by atoms with Crippen LogP contribution in [0.5, 0.6) is 0 Å². The molecule has 0 amide bonds. The average Bonchev–Trinajstić information content (AvgIpc) is 2.37. The fourth-order valence-corrected chi connectivity index (χ4v) is 2.35. The predicted molar refractivity (Wildman–Crippen MR) is 64.3 cm³/mol. The van der Waals surface area contributed by atoms with Crippen LogP contribution in [0.2, 0.25) is 0 Å². The van der Waals surface area contributed by atoms with Crippen molar-refractivity contribution >= 4 is 14.9 Å². The summed E-state index contributed by atoms with van der Waals surface area (Å²) >= 11 is 0. The van der Waals surface area contributed by atoms with Crippen LogP contribution in [-0.2, 0) is 18.6 Å². The highest BCUT2D eigenvalue weighted by atomic mass is 28.2. The second kappa shape index (κ2) is 6.77. The normalized spacial score (nSPS) is 12.4. The fourth-order valence-electron chi connectivity index (χ4n) is 1.29. The molecule has 90 valence electrons. The van der Waals surface area contributed by atoms with Gasteiger partial charge in [-0.25, -0.2) is 0 Å². The van der Waals surface area contributed by atoms with Gasteiger partial charge in [0.05, 0.1) is 0 Å². The molecular formula is C11H18O4Si. The van der Waals surface area contributed by atoms with Gasteiger partial charge in [-0.3, -0.25) is 0 Å². The number of rotatable bonds is 7. The van der Waals surface area contributed by atoms with E-state index in [1.807, 2.05) is 18.2 Å². The standard InChI is InChI=1S/C11H18O4Si/c1-12-11(13-2,14-3)9-15-16-10-7-5-4-6-8-10/h4-8H,9,16H2,1-3H3. The molecule has 1 aromatic carbocycles. The lowest BCUT2D eigenvalue weighted by Gasteiger charge is -2.28. The number of ether oxygens (including phenoxy) is 3. The second-order valence-electron chi connectivity index (χ2n) is 3.27. The van der Waals surface area contributed by atoms with Crippen molar-refractivity contribution in [3.8, 4) is 0 Å². The Labute approximate surface area is 98.4 Å². The molecule has 0 N–H and O–H groups in total. The molecule has 0 bridgehead atoms. The van der Waals surface area contributed by atoms with Crippen LogP contribution < -0.4 is 5.19 Å². The van der Waals surface area contributed by atoms with Gasteiger partial charge in [-0.1, -0.05) is 30.3 Å². The SMILES string of the molecule is COC(CO[SiH2]c1ccccc1)(OC)OC. The van der Waals surface area contributed by atoms with Crippen molar-refractivity contribution in [2.75, 3.05) is 27.9 Å². The molecule has 0 saturated heterocycles. The number of hydrogen-bond acceptors (Lipinski definition) is 4. The lowest BCUT2D eigenvalue weighted by atomic mass is 10.4. The van der Waals surface area contributed by atoms with Crippen LogP contribution in [-0.4, -0.2) is 43.7 Å². The van der Waals surface area contributed by atoms with E-state index in [0.717, 1.165) is 0 Å². The Kier molecular flexibility index (Phi) is 5.65. The lowest BCUT2D eigenvalue weighted by Crippen LogP contribution is -2.42. The summed E-state index contributed by atoms with van der Waals surface area (Å²) in [6, 6.07) is 10.1. The minimum atomic E-state index is -1.08.